The number of halogens is 4. The summed E-state index contributed by atoms with van der Waals surface area (Å²) in [5.74, 6) is 1.70. The molecule has 0 saturated heterocycles. The van der Waals surface area contributed by atoms with Crippen molar-refractivity contribution < 1.29 is 83.6 Å². The van der Waals surface area contributed by atoms with E-state index in [9.17, 15) is 64.7 Å². The Balaban J connectivity index is 0.000000165. The molecule has 0 spiro atoms. The van der Waals surface area contributed by atoms with E-state index in [-0.39, 0.29) is 76.5 Å². The maximum atomic E-state index is 14.5. The van der Waals surface area contributed by atoms with Gasteiger partial charge in [-0.25, -0.2) is 17.6 Å². The third-order valence-electron chi connectivity index (χ3n) is 25.3. The molecule has 22 heteroatoms. The number of aryl methyl sites for hydroxylation is 2. The quantitative estimate of drug-likeness (QED) is 0.0151. The second kappa shape index (κ2) is 46.3. The number of aromatic hydroxyl groups is 3. The van der Waals surface area contributed by atoms with E-state index in [4.69, 9.17) is 18.9 Å². The van der Waals surface area contributed by atoms with Gasteiger partial charge >= 0.3 is 23.9 Å². The molecule has 0 radical (unpaired) electrons. The van der Waals surface area contributed by atoms with E-state index in [1.165, 1.54) is 72.3 Å². The van der Waals surface area contributed by atoms with Gasteiger partial charge in [0.25, 0.3) is 0 Å². The first-order valence-electron chi connectivity index (χ1n) is 46.9. The average Bonchev–Trinajstić information content (AvgIpc) is 1.63. The molecule has 0 bridgehead atoms. The smallest absolute Gasteiger partial charge is 0.315 e. The van der Waals surface area contributed by atoms with Gasteiger partial charge in [-0.05, 0) is 402 Å². The molecule has 14 aromatic rings. The van der Waals surface area contributed by atoms with E-state index in [1.54, 1.807) is 134 Å². The molecule has 0 aliphatic heterocycles. The van der Waals surface area contributed by atoms with Crippen LogP contribution in [-0.4, -0.2) is 82.7 Å². The first-order chi connectivity index (χ1) is 70.5. The zero-order chi connectivity index (χ0) is 104. The summed E-state index contributed by atoms with van der Waals surface area (Å²) in [6.45, 7) is 11.6. The SMILES string of the molecule is C=S(C)c1ccc(/C=C2/C(C)=C(CC(=O)Oc3ccc(/C=C/c4cc(O)cc(OC(=O)CC5=C(C)/C(=C/c6ccc(S(C)=O)cc6)c6ccc(F)cc65)c4)cc3)c3cc(F)ccc32)cc1.CC1=C(CC(=O)Oc2cc(O)cc(/C=C/c3ccc(C)cc3)c2)c2cc(F)ccc2/C1=C\c1ccc(S(C)=O)cc1.CC1=C(CC(=O)Oc2ccc(/C=C/c3cc(C)cc(O)c3)cc2)c2cc(F)ccc2/C1=C\c1ccc(S(C)=O)cc1. The molecule has 14 aromatic carbocycles. The van der Waals surface area contributed by atoms with E-state index in [1.807, 2.05) is 199 Å². The molecule has 738 valence electrons. The second-order valence-corrected chi connectivity index (χ2v) is 41.8. The molecule has 18 rings (SSSR count). The number of hydrogen-bond donors (Lipinski definition) is 3. The van der Waals surface area contributed by atoms with Crippen LogP contribution in [0.3, 0.4) is 0 Å². The summed E-state index contributed by atoms with van der Waals surface area (Å²) < 4.78 is 116. The molecule has 4 atom stereocenters. The number of phenolic OH excluding ortho intramolecular Hbond substituents is 3. The minimum Gasteiger partial charge on any atom is -0.508 e. The standard InChI is InChI=1S/C55H44F2O6S2.2C35H29FO4S/c1-33-48(26-36-10-18-44(19-11-36)64(3)4)46-22-14-39(56)28-52(46)50(33)31-54(59)62-42-16-8-35(9-17-42)6-7-38-24-41(58)30-43(25-38)63-55(60)32-51-34(2)49(47-23-15-40(57)29-53(47)51)27-37-12-20-45(21-13-37)65(5)61;1-22-4-6-24(7-5-22)8-9-26-16-28(37)20-29(17-26)40-35(38)21-33-23(2)32(31-15-12-27(36)19-34(31)33)18-25-10-13-30(14-11-25)41(3)39;1-22-16-26(18-28(37)17-22)5-4-24-6-11-29(12-7-24)40-35(38)21-33-23(2)32(31-15-10-27(36)20-34(31)33)19-25-8-13-30(14-9-25)41(3)39/h6-30,58H,3,31-32H2,1-2,4-5H3;2*4-20,37H,21H2,1-3H3/b7-6+,48-26-,49-27-;9-8+,32-18-;5-4+,32-19-. The lowest BCUT2D eigenvalue weighted by Gasteiger charge is -2.09. The number of allylic oxidation sites excluding steroid dienone is 8. The normalized spacial score (nSPS) is 14.9. The molecule has 0 fully saturated rings. The molecule has 4 aliphatic rings. The zero-order valence-corrected chi connectivity index (χ0v) is 85.3. The predicted octanol–water partition coefficient (Wildman–Crippen LogP) is 29.1. The number of phenols is 3. The number of benzene rings is 14. The van der Waals surface area contributed by atoms with Gasteiger partial charge in [-0.1, -0.05) is 175 Å². The summed E-state index contributed by atoms with van der Waals surface area (Å²) in [7, 11) is -3.35. The lowest BCUT2D eigenvalue weighted by Crippen LogP contribution is -2.09. The van der Waals surface area contributed by atoms with E-state index in [2.05, 4.69) is 30.3 Å². The van der Waals surface area contributed by atoms with Gasteiger partial charge < -0.3 is 34.3 Å². The molecular formula is C125H102F4O14S4. The molecule has 4 unspecified atom stereocenters. The first kappa shape index (κ1) is 104. The highest BCUT2D eigenvalue weighted by Crippen LogP contribution is 2.50. The van der Waals surface area contributed by atoms with Crippen LogP contribution in [0.2, 0.25) is 0 Å². The van der Waals surface area contributed by atoms with Crippen molar-refractivity contribution >= 4 is 178 Å². The van der Waals surface area contributed by atoms with Crippen molar-refractivity contribution in [3.63, 3.8) is 0 Å². The lowest BCUT2D eigenvalue weighted by molar-refractivity contribution is -0.134. The predicted molar refractivity (Wildman–Crippen MR) is 590 cm³/mol. The van der Waals surface area contributed by atoms with Crippen molar-refractivity contribution in [2.75, 3.05) is 25.0 Å². The summed E-state index contributed by atoms with van der Waals surface area (Å²) in [6, 6.07) is 85.3. The van der Waals surface area contributed by atoms with E-state index in [0.717, 1.165) is 137 Å². The van der Waals surface area contributed by atoms with Crippen molar-refractivity contribution in [3.8, 4) is 40.2 Å². The molecule has 0 amide bonds. The number of rotatable bonds is 26. The Morgan fingerprint density at radius 2 is 0.497 bits per heavy atom. The van der Waals surface area contributed by atoms with Crippen LogP contribution in [0.1, 0.15) is 165 Å². The Bertz CT molecular complexity index is 8030. The van der Waals surface area contributed by atoms with Crippen molar-refractivity contribution in [2.45, 2.75) is 86.8 Å². The topological polar surface area (TPSA) is 217 Å². The average molecular weight is 2030 g/mol. The highest BCUT2D eigenvalue weighted by atomic mass is 32.2. The van der Waals surface area contributed by atoms with Crippen LogP contribution in [0.15, 0.2) is 339 Å². The maximum Gasteiger partial charge on any atom is 0.315 e. The first-order valence-corrected chi connectivity index (χ1v) is 53.4. The fourth-order valence-corrected chi connectivity index (χ4v) is 20.0. The number of ether oxygens (including phenoxy) is 4. The van der Waals surface area contributed by atoms with Crippen molar-refractivity contribution in [1.29, 1.82) is 0 Å². The Morgan fingerprint density at radius 1 is 0.259 bits per heavy atom. The van der Waals surface area contributed by atoms with Crippen molar-refractivity contribution in [3.05, 3.63) is 454 Å². The van der Waals surface area contributed by atoms with Gasteiger partial charge in [0.05, 0.1) is 25.7 Å². The van der Waals surface area contributed by atoms with Crippen LogP contribution in [0.25, 0.3) is 105 Å². The largest absolute Gasteiger partial charge is 0.508 e. The Morgan fingerprint density at radius 3 is 0.762 bits per heavy atom. The van der Waals surface area contributed by atoms with Gasteiger partial charge in [0.2, 0.25) is 0 Å². The number of hydrogen-bond acceptors (Lipinski definition) is 14. The molecule has 14 nitrogen and oxygen atoms in total. The Kier molecular flexibility index (Phi) is 32.7. The molecule has 0 heterocycles. The van der Waals surface area contributed by atoms with E-state index < -0.39 is 67.9 Å². The molecule has 4 aliphatic carbocycles. The number of carbonyl (C=O) groups is 4. The van der Waals surface area contributed by atoms with Crippen LogP contribution in [0.4, 0.5) is 17.6 Å². The molecular weight excluding hydrogens is 1930 g/mol. The highest BCUT2D eigenvalue weighted by molar-refractivity contribution is 8.13. The molecule has 3 N–H and O–H groups in total. The van der Waals surface area contributed by atoms with Crippen molar-refractivity contribution in [2.24, 2.45) is 0 Å². The monoisotopic (exact) mass is 2030 g/mol. The molecule has 0 saturated carbocycles. The number of fused-ring (bicyclic) bond motifs is 4. The van der Waals surface area contributed by atoms with Gasteiger partial charge in [0.15, 0.2) is 0 Å². The Hall–Kier alpha value is -16.1. The summed E-state index contributed by atoms with van der Waals surface area (Å²) in [6.07, 6.45) is 25.8. The minimum absolute atomic E-state index is 0.00805. The second-order valence-electron chi connectivity index (χ2n) is 36.0. The fraction of sp³-hybridized carbons (Fsp3) is 0.112. The lowest BCUT2D eigenvalue weighted by atomic mass is 10.0. The number of esters is 4. The highest BCUT2D eigenvalue weighted by Gasteiger charge is 2.32. The fourth-order valence-electron chi connectivity index (χ4n) is 17.9. The van der Waals surface area contributed by atoms with Gasteiger partial charge in [-0.15, -0.1) is 0 Å². The third kappa shape index (κ3) is 26.2. The van der Waals surface area contributed by atoms with Gasteiger partial charge in [0.1, 0.15) is 63.5 Å². The van der Waals surface area contributed by atoms with E-state index >= 15 is 0 Å². The van der Waals surface area contributed by atoms with Crippen molar-refractivity contribution in [1.82, 2.24) is 0 Å². The minimum atomic E-state index is -1.11. The molecule has 147 heavy (non-hydrogen) atoms. The third-order valence-corrected chi connectivity index (χ3v) is 29.2. The zero-order valence-electron chi connectivity index (χ0n) is 82.1. The summed E-state index contributed by atoms with van der Waals surface area (Å²) in [5, 5.41) is 30.6. The van der Waals surface area contributed by atoms with Crippen LogP contribution >= 0.6 is 10.5 Å². The Labute approximate surface area is 861 Å². The maximum absolute atomic E-state index is 14.5. The van der Waals surface area contributed by atoms with Gasteiger partial charge in [-0.3, -0.25) is 31.8 Å². The summed E-state index contributed by atoms with van der Waals surface area (Å²) in [4.78, 5) is 56.2. The van der Waals surface area contributed by atoms with E-state index in [0.29, 0.717) is 66.5 Å². The molecule has 0 aromatic heterocycles. The van der Waals surface area contributed by atoms with Gasteiger partial charge in [0, 0.05) is 82.9 Å². The summed E-state index contributed by atoms with van der Waals surface area (Å²) >= 11 is 0. The van der Waals surface area contributed by atoms with Crippen LogP contribution < -0.4 is 18.9 Å². The van der Waals surface area contributed by atoms with Gasteiger partial charge in [-0.2, -0.15) is 10.5 Å². The number of carbonyl (C=O) groups excluding carboxylic acids is 4. The van der Waals surface area contributed by atoms with Crippen LogP contribution in [-0.2, 0) is 51.6 Å². The summed E-state index contributed by atoms with van der Waals surface area (Å²) in [5.41, 5.74) is 26.3. The van der Waals surface area contributed by atoms with Crippen LogP contribution in [0, 0.1) is 37.1 Å². The van der Waals surface area contributed by atoms with Crippen LogP contribution in [0.5, 0.6) is 40.2 Å².